The van der Waals surface area contributed by atoms with Crippen molar-refractivity contribution in [2.75, 3.05) is 14.2 Å². The molecule has 0 aliphatic carbocycles. The molecule has 0 saturated carbocycles. The van der Waals surface area contributed by atoms with Gasteiger partial charge >= 0.3 is 5.97 Å². The molecule has 58 valence electrons. The second-order valence-corrected chi connectivity index (χ2v) is 1.89. The van der Waals surface area contributed by atoms with E-state index in [-0.39, 0.29) is 12.0 Å². The number of nitrogens with one attached hydrogen (secondary N) is 1. The normalized spacial score (nSPS) is 12.2. The second kappa shape index (κ2) is 4.99. The second-order valence-electron chi connectivity index (χ2n) is 1.89. The van der Waals surface area contributed by atoms with Crippen molar-refractivity contribution < 1.29 is 9.53 Å². The van der Waals surface area contributed by atoms with Gasteiger partial charge in [-0.1, -0.05) is 6.08 Å². The van der Waals surface area contributed by atoms with Gasteiger partial charge in [-0.3, -0.25) is 4.79 Å². The summed E-state index contributed by atoms with van der Waals surface area (Å²) in [5, 5.41) is 2.81. The average Bonchev–Trinajstić information content (AvgIpc) is 1.99. The minimum Gasteiger partial charge on any atom is -0.468 e. The summed E-state index contributed by atoms with van der Waals surface area (Å²) < 4.78 is 4.51. The first kappa shape index (κ1) is 9.17. The lowest BCUT2D eigenvalue weighted by Gasteiger charge is -2.09. The molecular weight excluding hydrogens is 130 g/mol. The number of esters is 1. The van der Waals surface area contributed by atoms with Gasteiger partial charge in [0, 0.05) is 0 Å². The van der Waals surface area contributed by atoms with Crippen LogP contribution in [0.15, 0.2) is 12.7 Å². The first-order valence-electron chi connectivity index (χ1n) is 3.12. The lowest BCUT2D eigenvalue weighted by molar-refractivity contribution is -0.142. The maximum atomic E-state index is 10.8. The molecule has 0 aromatic carbocycles. The van der Waals surface area contributed by atoms with Gasteiger partial charge in [-0.15, -0.1) is 6.58 Å². The summed E-state index contributed by atoms with van der Waals surface area (Å²) in [4.78, 5) is 10.8. The molecule has 3 heteroatoms. The van der Waals surface area contributed by atoms with Gasteiger partial charge in [0.15, 0.2) is 0 Å². The molecule has 0 radical (unpaired) electrons. The molecule has 0 unspecified atom stereocenters. The van der Waals surface area contributed by atoms with Crippen LogP contribution in [-0.2, 0) is 9.53 Å². The van der Waals surface area contributed by atoms with Crippen LogP contribution in [0.5, 0.6) is 0 Å². The summed E-state index contributed by atoms with van der Waals surface area (Å²) in [5.74, 6) is -0.248. The van der Waals surface area contributed by atoms with Crippen LogP contribution in [0.1, 0.15) is 6.42 Å². The van der Waals surface area contributed by atoms with Crippen molar-refractivity contribution in [1.29, 1.82) is 0 Å². The molecule has 3 nitrogen and oxygen atoms in total. The van der Waals surface area contributed by atoms with Crippen LogP contribution in [-0.4, -0.2) is 26.2 Å². The summed E-state index contributed by atoms with van der Waals surface area (Å²) >= 11 is 0. The molecule has 0 aliphatic heterocycles. The highest BCUT2D eigenvalue weighted by molar-refractivity contribution is 5.75. The van der Waals surface area contributed by atoms with Crippen molar-refractivity contribution in [3.05, 3.63) is 12.7 Å². The molecule has 0 amide bonds. The highest BCUT2D eigenvalue weighted by atomic mass is 16.5. The summed E-state index contributed by atoms with van der Waals surface area (Å²) in [7, 11) is 3.08. The zero-order chi connectivity index (χ0) is 7.98. The van der Waals surface area contributed by atoms with Gasteiger partial charge in [0.25, 0.3) is 0 Å². The van der Waals surface area contributed by atoms with E-state index in [2.05, 4.69) is 16.6 Å². The Balaban J connectivity index is 3.79. The Labute approximate surface area is 61.1 Å². The van der Waals surface area contributed by atoms with Crippen molar-refractivity contribution in [1.82, 2.24) is 5.32 Å². The van der Waals surface area contributed by atoms with Gasteiger partial charge in [-0.05, 0) is 13.5 Å². The molecule has 0 aliphatic rings. The Morgan fingerprint density at radius 1 is 1.90 bits per heavy atom. The van der Waals surface area contributed by atoms with E-state index in [1.165, 1.54) is 7.11 Å². The van der Waals surface area contributed by atoms with E-state index in [0.717, 1.165) is 0 Å². The molecule has 0 aromatic rings. The van der Waals surface area contributed by atoms with Gasteiger partial charge in [-0.25, -0.2) is 0 Å². The topological polar surface area (TPSA) is 38.3 Å². The van der Waals surface area contributed by atoms with Crippen LogP contribution in [0, 0.1) is 0 Å². The quantitative estimate of drug-likeness (QED) is 0.455. The van der Waals surface area contributed by atoms with E-state index in [0.29, 0.717) is 6.42 Å². The summed E-state index contributed by atoms with van der Waals surface area (Å²) in [6, 6.07) is -0.248. The van der Waals surface area contributed by atoms with E-state index in [4.69, 9.17) is 0 Å². The fraction of sp³-hybridized carbons (Fsp3) is 0.571. The Hall–Kier alpha value is -0.830. The zero-order valence-corrected chi connectivity index (χ0v) is 6.39. The number of carbonyl (C=O) groups is 1. The number of hydrogen-bond acceptors (Lipinski definition) is 3. The van der Waals surface area contributed by atoms with Gasteiger partial charge in [-0.2, -0.15) is 0 Å². The number of carbonyl (C=O) groups excluding carboxylic acids is 1. The minimum absolute atomic E-state index is 0.248. The predicted molar refractivity (Wildman–Crippen MR) is 39.7 cm³/mol. The molecule has 0 aromatic heterocycles. The molecule has 0 spiro atoms. The van der Waals surface area contributed by atoms with Crippen LogP contribution in [0.4, 0.5) is 0 Å². The van der Waals surface area contributed by atoms with Gasteiger partial charge in [0.2, 0.25) is 0 Å². The van der Waals surface area contributed by atoms with Crippen molar-refractivity contribution >= 4 is 5.97 Å². The van der Waals surface area contributed by atoms with E-state index >= 15 is 0 Å². The standard InChI is InChI=1S/C7H13NO2/c1-4-5-6(8-2)7(9)10-3/h4,6,8H,1,5H2,2-3H3/t6-/m0/s1. The van der Waals surface area contributed by atoms with Gasteiger partial charge in [0.1, 0.15) is 6.04 Å². The Bertz CT molecular complexity index is 123. The number of rotatable bonds is 4. The summed E-state index contributed by atoms with van der Waals surface area (Å²) in [6.45, 7) is 3.52. The van der Waals surface area contributed by atoms with Crippen LogP contribution < -0.4 is 5.32 Å². The first-order valence-corrected chi connectivity index (χ1v) is 3.12. The largest absolute Gasteiger partial charge is 0.468 e. The van der Waals surface area contributed by atoms with Crippen molar-refractivity contribution in [2.24, 2.45) is 0 Å². The molecular formula is C7H13NO2. The van der Waals surface area contributed by atoms with Crippen LogP contribution in [0.3, 0.4) is 0 Å². The molecule has 1 N–H and O–H groups in total. The molecule has 0 saturated heterocycles. The lowest BCUT2D eigenvalue weighted by Crippen LogP contribution is -2.34. The summed E-state index contributed by atoms with van der Waals surface area (Å²) in [5.41, 5.74) is 0. The van der Waals surface area contributed by atoms with E-state index in [9.17, 15) is 4.79 Å². The SMILES string of the molecule is C=CC[C@H](NC)C(=O)OC. The molecule has 0 fully saturated rings. The fourth-order valence-corrected chi connectivity index (χ4v) is 0.641. The Morgan fingerprint density at radius 2 is 2.50 bits per heavy atom. The van der Waals surface area contributed by atoms with E-state index < -0.39 is 0 Å². The van der Waals surface area contributed by atoms with Crippen molar-refractivity contribution in [2.45, 2.75) is 12.5 Å². The fourth-order valence-electron chi connectivity index (χ4n) is 0.641. The molecule has 0 heterocycles. The van der Waals surface area contributed by atoms with Crippen molar-refractivity contribution in [3.8, 4) is 0 Å². The first-order chi connectivity index (χ1) is 4.76. The molecule has 0 bridgehead atoms. The maximum Gasteiger partial charge on any atom is 0.323 e. The summed E-state index contributed by atoms with van der Waals surface area (Å²) in [6.07, 6.45) is 2.28. The third-order valence-corrected chi connectivity index (χ3v) is 1.24. The predicted octanol–water partition coefficient (Wildman–Crippen LogP) is 0.323. The number of hydrogen-bond donors (Lipinski definition) is 1. The number of likely N-dealkylation sites (N-methyl/N-ethyl adjacent to an activating group) is 1. The van der Waals surface area contributed by atoms with Gasteiger partial charge in [0.05, 0.1) is 7.11 Å². The van der Waals surface area contributed by atoms with Crippen LogP contribution >= 0.6 is 0 Å². The minimum atomic E-state index is -0.248. The van der Waals surface area contributed by atoms with Crippen LogP contribution in [0.25, 0.3) is 0 Å². The van der Waals surface area contributed by atoms with E-state index in [1.54, 1.807) is 13.1 Å². The average molecular weight is 143 g/mol. The molecule has 10 heavy (non-hydrogen) atoms. The Morgan fingerprint density at radius 3 is 2.80 bits per heavy atom. The Kier molecular flexibility index (Phi) is 4.58. The molecule has 0 rings (SSSR count). The third kappa shape index (κ3) is 2.64. The monoisotopic (exact) mass is 143 g/mol. The van der Waals surface area contributed by atoms with E-state index in [1.807, 2.05) is 0 Å². The third-order valence-electron chi connectivity index (χ3n) is 1.24. The van der Waals surface area contributed by atoms with Crippen molar-refractivity contribution in [3.63, 3.8) is 0 Å². The molecule has 1 atom stereocenters. The van der Waals surface area contributed by atoms with Crippen LogP contribution in [0.2, 0.25) is 0 Å². The highest BCUT2D eigenvalue weighted by Crippen LogP contribution is 1.93. The van der Waals surface area contributed by atoms with Gasteiger partial charge < -0.3 is 10.1 Å². The maximum absolute atomic E-state index is 10.8. The highest BCUT2D eigenvalue weighted by Gasteiger charge is 2.13. The number of methoxy groups -OCH3 is 1. The smallest absolute Gasteiger partial charge is 0.323 e. The number of ether oxygens (including phenoxy) is 1. The zero-order valence-electron chi connectivity index (χ0n) is 6.39. The lowest BCUT2D eigenvalue weighted by atomic mass is 10.2.